The van der Waals surface area contributed by atoms with Crippen molar-refractivity contribution in [2.24, 2.45) is 0 Å². The van der Waals surface area contributed by atoms with Gasteiger partial charge in [-0.05, 0) is 42.3 Å². The van der Waals surface area contributed by atoms with E-state index in [4.69, 9.17) is 5.73 Å². The number of nitrogens with two attached hydrogens (primary N) is 1. The van der Waals surface area contributed by atoms with Crippen LogP contribution in [0.3, 0.4) is 0 Å². The zero-order valence-electron chi connectivity index (χ0n) is 12.2. The molecular formula is C19H17NO. The number of hydrogen-bond donors (Lipinski definition) is 1. The maximum atomic E-state index is 12.9. The zero-order chi connectivity index (χ0) is 15.0. The van der Waals surface area contributed by atoms with Crippen LogP contribution in [0.5, 0.6) is 0 Å². The molecule has 0 aliphatic heterocycles. The van der Waals surface area contributed by atoms with Gasteiger partial charge in [-0.2, -0.15) is 0 Å². The summed E-state index contributed by atoms with van der Waals surface area (Å²) in [6.07, 6.45) is 0. The second kappa shape index (κ2) is 5.06. The highest BCUT2D eigenvalue weighted by atomic mass is 16.1. The summed E-state index contributed by atoms with van der Waals surface area (Å²) in [6.45, 7) is 4.01. The lowest BCUT2D eigenvalue weighted by atomic mass is 9.93. The quantitative estimate of drug-likeness (QED) is 0.560. The lowest BCUT2D eigenvalue weighted by Gasteiger charge is -2.10. The molecule has 0 heterocycles. The van der Waals surface area contributed by atoms with E-state index in [-0.39, 0.29) is 5.78 Å². The van der Waals surface area contributed by atoms with Crippen molar-refractivity contribution in [2.45, 2.75) is 13.8 Å². The van der Waals surface area contributed by atoms with Crippen LogP contribution in [0.15, 0.2) is 54.6 Å². The van der Waals surface area contributed by atoms with Gasteiger partial charge in [-0.15, -0.1) is 0 Å². The smallest absolute Gasteiger partial charge is 0.195 e. The van der Waals surface area contributed by atoms with Crippen LogP contribution in [0, 0.1) is 13.8 Å². The first-order valence-corrected chi connectivity index (χ1v) is 6.97. The van der Waals surface area contributed by atoms with E-state index >= 15 is 0 Å². The Morgan fingerprint density at radius 1 is 0.857 bits per heavy atom. The number of carbonyl (C=O) groups excluding carboxylic acids is 1. The molecule has 104 valence electrons. The van der Waals surface area contributed by atoms with Gasteiger partial charge in [0.1, 0.15) is 0 Å². The Balaban J connectivity index is 2.23. The molecule has 2 nitrogen and oxygen atoms in total. The molecule has 2 N–H and O–H groups in total. The third kappa shape index (κ3) is 2.29. The molecule has 2 heteroatoms. The molecule has 0 spiro atoms. The Bertz CT molecular complexity index is 849. The first-order chi connectivity index (χ1) is 10.1. The van der Waals surface area contributed by atoms with Crippen molar-refractivity contribution in [1.82, 2.24) is 0 Å². The number of ketones is 1. The summed E-state index contributed by atoms with van der Waals surface area (Å²) in [5, 5.41) is 2.08. The van der Waals surface area contributed by atoms with Crippen LogP contribution < -0.4 is 5.73 Å². The molecule has 0 aromatic heterocycles. The molecule has 0 aliphatic rings. The van der Waals surface area contributed by atoms with Crippen molar-refractivity contribution in [2.75, 3.05) is 5.73 Å². The van der Waals surface area contributed by atoms with Crippen molar-refractivity contribution in [3.05, 3.63) is 76.9 Å². The first kappa shape index (κ1) is 13.4. The number of benzene rings is 3. The van der Waals surface area contributed by atoms with Crippen LogP contribution in [-0.2, 0) is 0 Å². The third-order valence-electron chi connectivity index (χ3n) is 3.84. The van der Waals surface area contributed by atoms with Gasteiger partial charge in [-0.1, -0.05) is 48.0 Å². The van der Waals surface area contributed by atoms with Gasteiger partial charge < -0.3 is 5.73 Å². The first-order valence-electron chi connectivity index (χ1n) is 6.97. The largest absolute Gasteiger partial charge is 0.398 e. The highest BCUT2D eigenvalue weighted by molar-refractivity contribution is 6.18. The van der Waals surface area contributed by atoms with Crippen molar-refractivity contribution < 1.29 is 4.79 Å². The molecule has 0 atom stereocenters. The molecule has 0 bridgehead atoms. The fraction of sp³-hybridized carbons (Fsp3) is 0.105. The summed E-state index contributed by atoms with van der Waals surface area (Å²) in [5.74, 6) is -0.0209. The van der Waals surface area contributed by atoms with Gasteiger partial charge in [0.25, 0.3) is 0 Å². The molecule has 21 heavy (non-hydrogen) atoms. The third-order valence-corrected chi connectivity index (χ3v) is 3.84. The minimum atomic E-state index is -0.0209. The lowest BCUT2D eigenvalue weighted by molar-refractivity contribution is 0.104. The summed E-state index contributed by atoms with van der Waals surface area (Å²) in [4.78, 5) is 12.9. The van der Waals surface area contributed by atoms with Gasteiger partial charge in [-0.25, -0.2) is 0 Å². The molecule has 0 saturated heterocycles. The zero-order valence-corrected chi connectivity index (χ0v) is 12.2. The molecule has 0 amide bonds. The van der Waals surface area contributed by atoms with E-state index in [1.165, 1.54) is 5.56 Å². The molecule has 3 aromatic carbocycles. The summed E-state index contributed by atoms with van der Waals surface area (Å²) >= 11 is 0. The minimum absolute atomic E-state index is 0.0209. The Kier molecular flexibility index (Phi) is 3.22. The van der Waals surface area contributed by atoms with Gasteiger partial charge in [0.2, 0.25) is 0 Å². The normalized spacial score (nSPS) is 10.8. The van der Waals surface area contributed by atoms with Crippen LogP contribution in [0.2, 0.25) is 0 Å². The van der Waals surface area contributed by atoms with E-state index in [2.05, 4.69) is 6.92 Å². The number of carbonyl (C=O) groups is 1. The van der Waals surface area contributed by atoms with E-state index in [0.717, 1.165) is 16.3 Å². The number of nitrogen functional groups attached to an aromatic ring is 1. The van der Waals surface area contributed by atoms with Gasteiger partial charge in [-0.3, -0.25) is 4.79 Å². The van der Waals surface area contributed by atoms with Gasteiger partial charge in [0.15, 0.2) is 5.78 Å². The van der Waals surface area contributed by atoms with E-state index in [1.807, 2.05) is 55.5 Å². The maximum Gasteiger partial charge on any atom is 0.195 e. The van der Waals surface area contributed by atoms with E-state index in [1.54, 1.807) is 6.07 Å². The number of rotatable bonds is 2. The van der Waals surface area contributed by atoms with Crippen molar-refractivity contribution in [3.8, 4) is 0 Å². The van der Waals surface area contributed by atoms with E-state index in [9.17, 15) is 4.79 Å². The van der Waals surface area contributed by atoms with Gasteiger partial charge >= 0.3 is 0 Å². The van der Waals surface area contributed by atoms with Crippen molar-refractivity contribution in [1.29, 1.82) is 0 Å². The summed E-state index contributed by atoms with van der Waals surface area (Å²) in [5.41, 5.74) is 9.98. The van der Waals surface area contributed by atoms with Crippen molar-refractivity contribution in [3.63, 3.8) is 0 Å². The second-order valence-electron chi connectivity index (χ2n) is 5.40. The Labute approximate surface area is 124 Å². The second-order valence-corrected chi connectivity index (χ2v) is 5.40. The maximum absolute atomic E-state index is 12.9. The molecule has 0 radical (unpaired) electrons. The minimum Gasteiger partial charge on any atom is -0.398 e. The van der Waals surface area contributed by atoms with Crippen molar-refractivity contribution >= 4 is 22.2 Å². The van der Waals surface area contributed by atoms with Crippen LogP contribution in [-0.4, -0.2) is 5.78 Å². The predicted octanol–water partition coefficient (Wildman–Crippen LogP) is 4.27. The average molecular weight is 275 g/mol. The summed E-state index contributed by atoms with van der Waals surface area (Å²) < 4.78 is 0. The van der Waals surface area contributed by atoms with Crippen LogP contribution >= 0.6 is 0 Å². The molecule has 3 aromatic rings. The predicted molar refractivity (Wildman–Crippen MR) is 87.7 cm³/mol. The SMILES string of the molecule is Cc1ccc(N)c(C(=O)c2ccc(C)c3ccccc23)c1. The lowest BCUT2D eigenvalue weighted by Crippen LogP contribution is -2.06. The molecule has 3 rings (SSSR count). The summed E-state index contributed by atoms with van der Waals surface area (Å²) in [6, 6.07) is 17.4. The molecular weight excluding hydrogens is 258 g/mol. The number of aryl methyl sites for hydroxylation is 2. The van der Waals surface area contributed by atoms with Crippen LogP contribution in [0.4, 0.5) is 5.69 Å². The van der Waals surface area contributed by atoms with E-state index in [0.29, 0.717) is 16.8 Å². The highest BCUT2D eigenvalue weighted by Crippen LogP contribution is 2.26. The van der Waals surface area contributed by atoms with Crippen LogP contribution in [0.1, 0.15) is 27.0 Å². The molecule has 0 fully saturated rings. The molecule has 0 unspecified atom stereocenters. The Morgan fingerprint density at radius 2 is 1.57 bits per heavy atom. The standard InChI is InChI=1S/C19H17NO/c1-12-7-10-18(20)17(11-12)19(21)16-9-8-13(2)14-5-3-4-6-15(14)16/h3-11H,20H2,1-2H3. The van der Waals surface area contributed by atoms with Gasteiger partial charge in [0, 0.05) is 16.8 Å². The molecule has 0 aliphatic carbocycles. The summed E-state index contributed by atoms with van der Waals surface area (Å²) in [7, 11) is 0. The van der Waals surface area contributed by atoms with Gasteiger partial charge in [0.05, 0.1) is 0 Å². The number of hydrogen-bond acceptors (Lipinski definition) is 2. The fourth-order valence-corrected chi connectivity index (χ4v) is 2.66. The van der Waals surface area contributed by atoms with Crippen LogP contribution in [0.25, 0.3) is 10.8 Å². The Morgan fingerprint density at radius 3 is 2.33 bits per heavy atom. The fourth-order valence-electron chi connectivity index (χ4n) is 2.66. The topological polar surface area (TPSA) is 43.1 Å². The number of anilines is 1. The highest BCUT2D eigenvalue weighted by Gasteiger charge is 2.15. The monoisotopic (exact) mass is 275 g/mol. The average Bonchev–Trinajstić information content (AvgIpc) is 2.50. The molecule has 0 saturated carbocycles. The van der Waals surface area contributed by atoms with E-state index < -0.39 is 0 Å². The Hall–Kier alpha value is -2.61. The number of fused-ring (bicyclic) bond motifs is 1.